The lowest BCUT2D eigenvalue weighted by molar-refractivity contribution is 0.311. The van der Waals surface area contributed by atoms with Gasteiger partial charge in [-0.05, 0) is 42.9 Å². The number of fused-ring (bicyclic) bond motifs is 3. The minimum Gasteiger partial charge on any atom is -0.327 e. The first-order valence-corrected chi connectivity index (χ1v) is 5.62. The van der Waals surface area contributed by atoms with Gasteiger partial charge in [0, 0.05) is 6.04 Å². The molecule has 1 nitrogen and oxygen atoms in total. The van der Waals surface area contributed by atoms with Gasteiger partial charge in [0.05, 0.1) is 0 Å². The van der Waals surface area contributed by atoms with E-state index in [2.05, 4.69) is 0 Å². The van der Waals surface area contributed by atoms with Gasteiger partial charge in [-0.15, -0.1) is 0 Å². The first-order chi connectivity index (χ1) is 5.86. The Bertz CT molecular complexity index is 189. The number of nitrogens with two attached hydrogens (primary N) is 1. The first-order valence-electron chi connectivity index (χ1n) is 5.62. The molecular formula is C11H19N. The molecule has 3 saturated carbocycles. The summed E-state index contributed by atoms with van der Waals surface area (Å²) in [6.07, 6.45) is 8.78. The molecule has 0 heterocycles. The molecule has 0 bridgehead atoms. The Morgan fingerprint density at radius 3 is 2.67 bits per heavy atom. The largest absolute Gasteiger partial charge is 0.327 e. The Kier molecular flexibility index (Phi) is 1.52. The zero-order valence-corrected chi connectivity index (χ0v) is 7.71. The molecule has 0 aromatic heterocycles. The molecule has 68 valence electrons. The molecule has 12 heavy (non-hydrogen) atoms. The molecule has 0 aromatic carbocycles. The average molecular weight is 165 g/mol. The first kappa shape index (κ1) is 7.37. The lowest BCUT2D eigenvalue weighted by atomic mass is 9.87. The highest BCUT2D eigenvalue weighted by Crippen LogP contribution is 2.57. The molecule has 5 atom stereocenters. The van der Waals surface area contributed by atoms with Crippen molar-refractivity contribution in [2.24, 2.45) is 29.4 Å². The van der Waals surface area contributed by atoms with Crippen LogP contribution in [0.4, 0.5) is 0 Å². The van der Waals surface area contributed by atoms with E-state index in [0.717, 1.165) is 23.7 Å². The van der Waals surface area contributed by atoms with E-state index in [1.165, 1.54) is 38.5 Å². The minimum atomic E-state index is 0.572. The number of hydrogen-bond donors (Lipinski definition) is 1. The van der Waals surface area contributed by atoms with Crippen molar-refractivity contribution < 1.29 is 0 Å². The highest BCUT2D eigenvalue weighted by Gasteiger charge is 2.51. The molecule has 3 fully saturated rings. The maximum Gasteiger partial charge on any atom is 0.00726 e. The highest BCUT2D eigenvalue weighted by atomic mass is 14.7. The molecule has 3 aliphatic carbocycles. The van der Waals surface area contributed by atoms with Gasteiger partial charge in [0.25, 0.3) is 0 Å². The van der Waals surface area contributed by atoms with Crippen molar-refractivity contribution in [2.45, 2.75) is 44.6 Å². The Labute approximate surface area is 74.7 Å². The third kappa shape index (κ3) is 0.953. The number of rotatable bonds is 0. The summed E-state index contributed by atoms with van der Waals surface area (Å²) in [4.78, 5) is 0. The maximum atomic E-state index is 6.18. The van der Waals surface area contributed by atoms with Crippen LogP contribution >= 0.6 is 0 Å². The monoisotopic (exact) mass is 165 g/mol. The highest BCUT2D eigenvalue weighted by molar-refractivity contribution is 5.02. The van der Waals surface area contributed by atoms with Crippen molar-refractivity contribution in [3.63, 3.8) is 0 Å². The van der Waals surface area contributed by atoms with E-state index < -0.39 is 0 Å². The van der Waals surface area contributed by atoms with Crippen LogP contribution in [-0.2, 0) is 0 Å². The van der Waals surface area contributed by atoms with Gasteiger partial charge >= 0.3 is 0 Å². The van der Waals surface area contributed by atoms with Gasteiger partial charge in [0.2, 0.25) is 0 Å². The molecule has 0 aliphatic heterocycles. The molecule has 3 rings (SSSR count). The van der Waals surface area contributed by atoms with E-state index in [9.17, 15) is 0 Å². The molecule has 0 aromatic rings. The van der Waals surface area contributed by atoms with Crippen molar-refractivity contribution in [1.29, 1.82) is 0 Å². The zero-order valence-electron chi connectivity index (χ0n) is 7.71. The quantitative estimate of drug-likeness (QED) is 0.585. The van der Waals surface area contributed by atoms with Crippen molar-refractivity contribution >= 4 is 0 Å². The van der Waals surface area contributed by atoms with Crippen LogP contribution in [0.15, 0.2) is 0 Å². The summed E-state index contributed by atoms with van der Waals surface area (Å²) in [5.74, 6) is 4.13. The molecule has 3 aliphatic rings. The number of hydrogen-bond acceptors (Lipinski definition) is 1. The summed E-state index contributed by atoms with van der Waals surface area (Å²) in [5, 5.41) is 0. The van der Waals surface area contributed by atoms with Gasteiger partial charge < -0.3 is 5.73 Å². The summed E-state index contributed by atoms with van der Waals surface area (Å²) in [6.45, 7) is 0. The van der Waals surface area contributed by atoms with Crippen LogP contribution in [0.2, 0.25) is 0 Å². The van der Waals surface area contributed by atoms with E-state index >= 15 is 0 Å². The maximum absolute atomic E-state index is 6.18. The van der Waals surface area contributed by atoms with Crippen LogP contribution in [0.25, 0.3) is 0 Å². The lowest BCUT2D eigenvalue weighted by Gasteiger charge is -2.20. The second kappa shape index (κ2) is 2.47. The van der Waals surface area contributed by atoms with Gasteiger partial charge in [-0.3, -0.25) is 0 Å². The van der Waals surface area contributed by atoms with Gasteiger partial charge in [0.15, 0.2) is 0 Å². The second-order valence-corrected chi connectivity index (χ2v) is 5.17. The Morgan fingerprint density at radius 1 is 0.917 bits per heavy atom. The van der Waals surface area contributed by atoms with E-state index in [4.69, 9.17) is 5.73 Å². The normalized spacial score (nSPS) is 57.2. The topological polar surface area (TPSA) is 26.0 Å². The fourth-order valence-corrected chi connectivity index (χ4v) is 3.86. The summed E-state index contributed by atoms with van der Waals surface area (Å²) in [6, 6.07) is 0.572. The molecule has 2 N–H and O–H groups in total. The molecule has 1 heteroatoms. The fraction of sp³-hybridized carbons (Fsp3) is 1.00. The van der Waals surface area contributed by atoms with E-state index in [0.29, 0.717) is 6.04 Å². The third-order valence-corrected chi connectivity index (χ3v) is 4.53. The van der Waals surface area contributed by atoms with Crippen LogP contribution in [0.3, 0.4) is 0 Å². The predicted octanol–water partition coefficient (Wildman–Crippen LogP) is 2.16. The van der Waals surface area contributed by atoms with Gasteiger partial charge in [-0.1, -0.05) is 19.3 Å². The smallest absolute Gasteiger partial charge is 0.00726 e. The summed E-state index contributed by atoms with van der Waals surface area (Å²) >= 11 is 0. The van der Waals surface area contributed by atoms with Crippen molar-refractivity contribution in [3.05, 3.63) is 0 Å². The molecular weight excluding hydrogens is 146 g/mol. The van der Waals surface area contributed by atoms with E-state index in [1.54, 1.807) is 0 Å². The molecule has 0 spiro atoms. The summed E-state index contributed by atoms with van der Waals surface area (Å²) in [5.41, 5.74) is 6.18. The lowest BCUT2D eigenvalue weighted by Crippen LogP contribution is -2.29. The fourth-order valence-electron chi connectivity index (χ4n) is 3.86. The predicted molar refractivity (Wildman–Crippen MR) is 49.6 cm³/mol. The van der Waals surface area contributed by atoms with Crippen LogP contribution in [0.1, 0.15) is 38.5 Å². The van der Waals surface area contributed by atoms with Crippen molar-refractivity contribution in [1.82, 2.24) is 0 Å². The molecule has 5 unspecified atom stereocenters. The Balaban J connectivity index is 1.82. The van der Waals surface area contributed by atoms with Crippen LogP contribution in [0.5, 0.6) is 0 Å². The minimum absolute atomic E-state index is 0.572. The molecule has 0 saturated heterocycles. The molecule has 0 amide bonds. The second-order valence-electron chi connectivity index (χ2n) is 5.17. The SMILES string of the molecule is NC1CCC2CCCC3CC3C12. The Morgan fingerprint density at radius 2 is 1.75 bits per heavy atom. The van der Waals surface area contributed by atoms with E-state index in [1.807, 2.05) is 0 Å². The third-order valence-electron chi connectivity index (χ3n) is 4.53. The van der Waals surface area contributed by atoms with Crippen LogP contribution in [0, 0.1) is 23.7 Å². The van der Waals surface area contributed by atoms with Crippen LogP contribution < -0.4 is 5.73 Å². The van der Waals surface area contributed by atoms with Crippen molar-refractivity contribution in [2.75, 3.05) is 0 Å². The van der Waals surface area contributed by atoms with Gasteiger partial charge in [-0.2, -0.15) is 0 Å². The van der Waals surface area contributed by atoms with Crippen molar-refractivity contribution in [3.8, 4) is 0 Å². The van der Waals surface area contributed by atoms with Crippen LogP contribution in [-0.4, -0.2) is 6.04 Å². The summed E-state index contributed by atoms with van der Waals surface area (Å²) < 4.78 is 0. The standard InChI is InChI=1S/C11H19N/c12-10-5-4-7-2-1-3-8-6-9(8)11(7)10/h7-11H,1-6,12H2. The van der Waals surface area contributed by atoms with Gasteiger partial charge in [-0.25, -0.2) is 0 Å². The van der Waals surface area contributed by atoms with E-state index in [-0.39, 0.29) is 0 Å². The Hall–Kier alpha value is -0.0400. The average Bonchev–Trinajstić information content (AvgIpc) is 2.71. The molecule has 0 radical (unpaired) electrons. The van der Waals surface area contributed by atoms with Gasteiger partial charge in [0.1, 0.15) is 0 Å². The zero-order chi connectivity index (χ0) is 8.13. The summed E-state index contributed by atoms with van der Waals surface area (Å²) in [7, 11) is 0.